The highest BCUT2D eigenvalue weighted by molar-refractivity contribution is 6.30. The normalized spacial score (nSPS) is 19.0. The Bertz CT molecular complexity index is 771. The Morgan fingerprint density at radius 3 is 2.61 bits per heavy atom. The third-order valence-corrected chi connectivity index (χ3v) is 3.59. The summed E-state index contributed by atoms with van der Waals surface area (Å²) < 4.78 is 6.02. The molecular formula is C14H12ClN3O5. The maximum Gasteiger partial charge on any atom is 0.377 e. The summed E-state index contributed by atoms with van der Waals surface area (Å²) in [6.07, 6.45) is -1.03. The molecule has 0 aliphatic carbocycles. The number of carbonyl (C=O) groups is 1. The molecule has 2 heterocycles. The summed E-state index contributed by atoms with van der Waals surface area (Å²) in [7, 11) is 0. The van der Waals surface area contributed by atoms with Gasteiger partial charge in [0, 0.05) is 10.6 Å². The number of aliphatic hydroxyl groups is 3. The van der Waals surface area contributed by atoms with Gasteiger partial charge in [0.15, 0.2) is 11.9 Å². The minimum atomic E-state index is -1.33. The molecule has 0 saturated carbocycles. The zero-order chi connectivity index (χ0) is 16.6. The fraction of sp³-hybridized carbons (Fsp3) is 0.214. The number of ether oxygens (including phenoxy) is 1. The van der Waals surface area contributed by atoms with Crippen LogP contribution in [0.2, 0.25) is 5.02 Å². The van der Waals surface area contributed by atoms with Crippen molar-refractivity contribution >= 4 is 17.6 Å². The van der Waals surface area contributed by atoms with Crippen LogP contribution < -0.4 is 0 Å². The molecule has 120 valence electrons. The maximum absolute atomic E-state index is 11.1. The molecule has 3 N–H and O–H groups in total. The standard InChI is InChI=1S/C14H12ClN3O5/c15-8-3-1-7(2-4-8)9-5-18(17-16-9)6-10(19)13-11(20)12(21)14(22)23-13/h1-5,10,13,19-21H,6H2/t10-,13+/m0/s1. The van der Waals surface area contributed by atoms with Gasteiger partial charge in [0.25, 0.3) is 0 Å². The van der Waals surface area contributed by atoms with Crippen LogP contribution in [0.15, 0.2) is 42.0 Å². The number of carbonyl (C=O) groups excluding carboxylic acids is 1. The zero-order valence-corrected chi connectivity index (χ0v) is 12.4. The summed E-state index contributed by atoms with van der Waals surface area (Å²) >= 11 is 5.82. The summed E-state index contributed by atoms with van der Waals surface area (Å²) in [5.41, 5.74) is 1.36. The minimum Gasteiger partial charge on any atom is -0.505 e. The van der Waals surface area contributed by atoms with Gasteiger partial charge in [0.05, 0.1) is 12.7 Å². The number of hydrogen-bond donors (Lipinski definition) is 3. The van der Waals surface area contributed by atoms with E-state index in [1.54, 1.807) is 30.5 Å². The molecule has 9 heteroatoms. The van der Waals surface area contributed by atoms with Crippen molar-refractivity contribution in [2.45, 2.75) is 18.8 Å². The molecule has 0 spiro atoms. The van der Waals surface area contributed by atoms with Gasteiger partial charge in [0.1, 0.15) is 11.8 Å². The molecule has 1 aromatic carbocycles. The van der Waals surface area contributed by atoms with Gasteiger partial charge in [-0.3, -0.25) is 0 Å². The number of cyclic esters (lactones) is 1. The largest absolute Gasteiger partial charge is 0.505 e. The number of benzene rings is 1. The fourth-order valence-electron chi connectivity index (χ4n) is 2.15. The molecule has 1 aliphatic heterocycles. The third kappa shape index (κ3) is 2.99. The van der Waals surface area contributed by atoms with Gasteiger partial charge in [-0.1, -0.05) is 28.9 Å². The van der Waals surface area contributed by atoms with Crippen molar-refractivity contribution in [3.63, 3.8) is 0 Å². The van der Waals surface area contributed by atoms with E-state index in [1.807, 2.05) is 0 Å². The van der Waals surface area contributed by atoms with E-state index in [0.717, 1.165) is 5.56 Å². The van der Waals surface area contributed by atoms with Gasteiger partial charge in [-0.2, -0.15) is 0 Å². The van der Waals surface area contributed by atoms with Crippen LogP contribution in [-0.4, -0.2) is 48.5 Å². The lowest BCUT2D eigenvalue weighted by Gasteiger charge is -2.16. The summed E-state index contributed by atoms with van der Waals surface area (Å²) in [6.45, 7) is -0.0874. The Hall–Kier alpha value is -2.58. The van der Waals surface area contributed by atoms with Gasteiger partial charge in [0.2, 0.25) is 5.76 Å². The Morgan fingerprint density at radius 2 is 2.00 bits per heavy atom. The second kappa shape index (κ2) is 5.90. The molecule has 0 saturated heterocycles. The average Bonchev–Trinajstić information content (AvgIpc) is 3.08. The van der Waals surface area contributed by atoms with E-state index in [0.29, 0.717) is 10.7 Å². The van der Waals surface area contributed by atoms with Crippen LogP contribution in [0.3, 0.4) is 0 Å². The van der Waals surface area contributed by atoms with E-state index in [4.69, 9.17) is 11.6 Å². The van der Waals surface area contributed by atoms with Crippen molar-refractivity contribution < 1.29 is 24.9 Å². The number of aromatic nitrogens is 3. The molecule has 0 unspecified atom stereocenters. The second-order valence-electron chi connectivity index (χ2n) is 4.96. The highest BCUT2D eigenvalue weighted by Crippen LogP contribution is 2.23. The Kier molecular flexibility index (Phi) is 3.93. The van der Waals surface area contributed by atoms with Crippen molar-refractivity contribution in [2.24, 2.45) is 0 Å². The minimum absolute atomic E-state index is 0.0874. The molecule has 1 aliphatic rings. The highest BCUT2D eigenvalue weighted by atomic mass is 35.5. The Labute approximate surface area is 135 Å². The summed E-state index contributed by atoms with van der Waals surface area (Å²) in [5, 5.41) is 37.2. The lowest BCUT2D eigenvalue weighted by molar-refractivity contribution is -0.147. The fourth-order valence-corrected chi connectivity index (χ4v) is 2.28. The SMILES string of the molecule is O=C1O[C@H]([C@@H](O)Cn2cc(-c3ccc(Cl)cc3)nn2)C(O)=C1O. The van der Waals surface area contributed by atoms with Crippen LogP contribution in [0.25, 0.3) is 11.3 Å². The molecule has 23 heavy (non-hydrogen) atoms. The van der Waals surface area contributed by atoms with Crippen LogP contribution in [0, 0.1) is 0 Å². The Balaban J connectivity index is 1.72. The average molecular weight is 338 g/mol. The van der Waals surface area contributed by atoms with Crippen molar-refractivity contribution in [3.8, 4) is 11.3 Å². The number of halogens is 1. The predicted molar refractivity (Wildman–Crippen MR) is 78.6 cm³/mol. The molecule has 1 aromatic heterocycles. The van der Waals surface area contributed by atoms with E-state index in [1.165, 1.54) is 4.68 Å². The zero-order valence-electron chi connectivity index (χ0n) is 11.6. The monoisotopic (exact) mass is 337 g/mol. The highest BCUT2D eigenvalue weighted by Gasteiger charge is 2.39. The van der Waals surface area contributed by atoms with Gasteiger partial charge >= 0.3 is 5.97 Å². The van der Waals surface area contributed by atoms with Crippen molar-refractivity contribution in [1.29, 1.82) is 0 Å². The van der Waals surface area contributed by atoms with E-state index < -0.39 is 29.7 Å². The molecule has 8 nitrogen and oxygen atoms in total. The van der Waals surface area contributed by atoms with Crippen LogP contribution in [0.4, 0.5) is 0 Å². The van der Waals surface area contributed by atoms with E-state index in [2.05, 4.69) is 15.0 Å². The quantitative estimate of drug-likeness (QED) is 0.718. The number of aliphatic hydroxyl groups excluding tert-OH is 3. The predicted octanol–water partition coefficient (Wildman–Crippen LogP) is 1.21. The molecular weight excluding hydrogens is 326 g/mol. The number of hydrogen-bond acceptors (Lipinski definition) is 7. The van der Waals surface area contributed by atoms with Crippen LogP contribution in [0.5, 0.6) is 0 Å². The summed E-state index contributed by atoms with van der Waals surface area (Å²) in [6, 6.07) is 6.99. The summed E-state index contributed by atoms with van der Waals surface area (Å²) in [4.78, 5) is 11.1. The van der Waals surface area contributed by atoms with Crippen LogP contribution in [0.1, 0.15) is 0 Å². The first-order chi connectivity index (χ1) is 11.0. The molecule has 0 bridgehead atoms. The van der Waals surface area contributed by atoms with Gasteiger partial charge in [-0.15, -0.1) is 5.10 Å². The lowest BCUT2D eigenvalue weighted by Crippen LogP contribution is -2.32. The molecule has 0 amide bonds. The van der Waals surface area contributed by atoms with Gasteiger partial charge in [-0.05, 0) is 12.1 Å². The molecule has 0 radical (unpaired) electrons. The van der Waals surface area contributed by atoms with Gasteiger partial charge in [-0.25, -0.2) is 9.48 Å². The number of nitrogens with zero attached hydrogens (tertiary/aromatic N) is 3. The number of esters is 1. The summed E-state index contributed by atoms with van der Waals surface area (Å²) in [5.74, 6) is -2.66. The molecule has 3 rings (SSSR count). The first-order valence-electron chi connectivity index (χ1n) is 6.63. The maximum atomic E-state index is 11.1. The lowest BCUT2D eigenvalue weighted by atomic mass is 10.1. The molecule has 2 atom stereocenters. The van der Waals surface area contributed by atoms with Crippen LogP contribution in [-0.2, 0) is 16.1 Å². The second-order valence-corrected chi connectivity index (χ2v) is 5.40. The van der Waals surface area contributed by atoms with Gasteiger partial charge < -0.3 is 20.1 Å². The van der Waals surface area contributed by atoms with E-state index in [9.17, 15) is 20.1 Å². The van der Waals surface area contributed by atoms with E-state index in [-0.39, 0.29) is 6.54 Å². The first kappa shape index (κ1) is 15.3. The molecule has 2 aromatic rings. The van der Waals surface area contributed by atoms with Crippen molar-refractivity contribution in [1.82, 2.24) is 15.0 Å². The first-order valence-corrected chi connectivity index (χ1v) is 7.00. The number of rotatable bonds is 4. The van der Waals surface area contributed by atoms with Crippen LogP contribution >= 0.6 is 11.6 Å². The van der Waals surface area contributed by atoms with E-state index >= 15 is 0 Å². The smallest absolute Gasteiger partial charge is 0.377 e. The Morgan fingerprint density at radius 1 is 1.30 bits per heavy atom. The van der Waals surface area contributed by atoms with Crippen molar-refractivity contribution in [3.05, 3.63) is 47.0 Å². The third-order valence-electron chi connectivity index (χ3n) is 3.34. The topological polar surface area (TPSA) is 118 Å². The van der Waals surface area contributed by atoms with Crippen molar-refractivity contribution in [2.75, 3.05) is 0 Å². The molecule has 0 fully saturated rings.